The second-order valence-corrected chi connectivity index (χ2v) is 5.40. The molecule has 7 heteroatoms. The molecule has 3 N–H and O–H groups in total. The molecule has 20 heavy (non-hydrogen) atoms. The Morgan fingerprint density at radius 3 is 2.55 bits per heavy atom. The van der Waals surface area contributed by atoms with Crippen molar-refractivity contribution in [3.63, 3.8) is 0 Å². The first-order chi connectivity index (χ1) is 9.81. The van der Waals surface area contributed by atoms with E-state index in [0.29, 0.717) is 17.9 Å². The lowest BCUT2D eigenvalue weighted by molar-refractivity contribution is 0.0903. The maximum atomic E-state index is 5.82. The summed E-state index contributed by atoms with van der Waals surface area (Å²) in [5.74, 6) is 1.58. The zero-order chi connectivity index (χ0) is 13.8. The predicted octanol–water partition coefficient (Wildman–Crippen LogP) is 1.03. The maximum Gasteiger partial charge on any atom is 0.231 e. The molecule has 0 aromatic carbocycles. The number of nitrogens with one attached hydrogen (secondary N) is 1. The quantitative estimate of drug-likeness (QED) is 0.853. The molecule has 2 fully saturated rings. The van der Waals surface area contributed by atoms with Gasteiger partial charge in [-0.3, -0.25) is 0 Å². The number of nitrogens with two attached hydrogens (primary N) is 1. The van der Waals surface area contributed by atoms with Crippen LogP contribution in [0.15, 0.2) is 0 Å². The van der Waals surface area contributed by atoms with Gasteiger partial charge in [-0.2, -0.15) is 15.0 Å². The van der Waals surface area contributed by atoms with Crippen LogP contribution in [0.25, 0.3) is 0 Å². The third-order valence-electron chi connectivity index (χ3n) is 3.83. The van der Waals surface area contributed by atoms with Crippen molar-refractivity contribution in [3.05, 3.63) is 0 Å². The summed E-state index contributed by atoms with van der Waals surface area (Å²) in [6, 6.07) is 0.361. The summed E-state index contributed by atoms with van der Waals surface area (Å²) < 4.78 is 5.35. The van der Waals surface area contributed by atoms with Crippen LogP contribution in [-0.4, -0.2) is 47.3 Å². The first kappa shape index (κ1) is 13.4. The summed E-state index contributed by atoms with van der Waals surface area (Å²) in [7, 11) is 0. The Hall–Kier alpha value is -1.63. The van der Waals surface area contributed by atoms with Gasteiger partial charge < -0.3 is 20.7 Å². The smallest absolute Gasteiger partial charge is 0.231 e. The van der Waals surface area contributed by atoms with E-state index in [4.69, 9.17) is 10.5 Å². The lowest BCUT2D eigenvalue weighted by atomic mass is 10.1. The number of hydrogen-bond acceptors (Lipinski definition) is 7. The first-order valence-corrected chi connectivity index (χ1v) is 7.42. The summed E-state index contributed by atoms with van der Waals surface area (Å²) in [4.78, 5) is 15.2. The van der Waals surface area contributed by atoms with E-state index in [1.165, 1.54) is 19.3 Å². The second kappa shape index (κ2) is 6.21. The van der Waals surface area contributed by atoms with E-state index in [0.717, 1.165) is 39.1 Å². The van der Waals surface area contributed by atoms with Crippen LogP contribution in [0.4, 0.5) is 17.8 Å². The Balaban J connectivity index is 1.71. The molecule has 0 spiro atoms. The van der Waals surface area contributed by atoms with E-state index in [-0.39, 0.29) is 5.95 Å². The highest BCUT2D eigenvalue weighted by Crippen LogP contribution is 2.19. The Morgan fingerprint density at radius 1 is 1.05 bits per heavy atom. The Morgan fingerprint density at radius 2 is 1.80 bits per heavy atom. The van der Waals surface area contributed by atoms with Crippen molar-refractivity contribution in [2.75, 3.05) is 42.3 Å². The molecule has 3 rings (SSSR count). The minimum atomic E-state index is 0.287. The molecule has 2 saturated heterocycles. The fraction of sp³-hybridized carbons (Fsp3) is 0.769. The van der Waals surface area contributed by atoms with Crippen molar-refractivity contribution < 1.29 is 4.74 Å². The number of hydrogen-bond donors (Lipinski definition) is 2. The van der Waals surface area contributed by atoms with Crippen LogP contribution in [-0.2, 0) is 4.74 Å². The van der Waals surface area contributed by atoms with Crippen molar-refractivity contribution in [1.29, 1.82) is 0 Å². The highest BCUT2D eigenvalue weighted by atomic mass is 16.5. The molecule has 0 saturated carbocycles. The van der Waals surface area contributed by atoms with E-state index in [1.807, 2.05) is 0 Å². The van der Waals surface area contributed by atoms with Gasteiger partial charge >= 0.3 is 0 Å². The zero-order valence-electron chi connectivity index (χ0n) is 11.7. The van der Waals surface area contributed by atoms with Gasteiger partial charge in [0.15, 0.2) is 0 Å². The van der Waals surface area contributed by atoms with Crippen molar-refractivity contribution >= 4 is 17.8 Å². The van der Waals surface area contributed by atoms with Gasteiger partial charge in [0, 0.05) is 32.3 Å². The predicted molar refractivity (Wildman–Crippen MR) is 77.8 cm³/mol. The minimum Gasteiger partial charge on any atom is -0.381 e. The third kappa shape index (κ3) is 3.27. The molecule has 0 unspecified atom stereocenters. The van der Waals surface area contributed by atoms with Crippen LogP contribution in [0.2, 0.25) is 0 Å². The molecule has 0 radical (unpaired) electrons. The van der Waals surface area contributed by atoms with Crippen molar-refractivity contribution in [3.8, 4) is 0 Å². The summed E-state index contributed by atoms with van der Waals surface area (Å²) >= 11 is 0. The molecule has 110 valence electrons. The highest BCUT2D eigenvalue weighted by Gasteiger charge is 2.18. The van der Waals surface area contributed by atoms with Crippen molar-refractivity contribution in [2.45, 2.75) is 38.1 Å². The average molecular weight is 278 g/mol. The molecule has 0 atom stereocenters. The average Bonchev–Trinajstić information content (AvgIpc) is 2.49. The standard InChI is InChI=1S/C13H22N6O/c14-11-16-12(15-10-4-8-20-9-5-10)18-13(17-11)19-6-2-1-3-7-19/h10H,1-9H2,(H3,14,15,16,17,18). The van der Waals surface area contributed by atoms with Gasteiger partial charge in [-0.25, -0.2) is 0 Å². The van der Waals surface area contributed by atoms with Gasteiger partial charge in [-0.05, 0) is 32.1 Å². The van der Waals surface area contributed by atoms with Gasteiger partial charge in [0.2, 0.25) is 17.8 Å². The Bertz CT molecular complexity index is 442. The number of piperidine rings is 1. The number of anilines is 3. The molecule has 2 aliphatic heterocycles. The zero-order valence-corrected chi connectivity index (χ0v) is 11.7. The highest BCUT2D eigenvalue weighted by molar-refractivity contribution is 5.42. The summed E-state index contributed by atoms with van der Waals surface area (Å²) in [6.45, 7) is 3.58. The lowest BCUT2D eigenvalue weighted by Gasteiger charge is -2.27. The summed E-state index contributed by atoms with van der Waals surface area (Å²) in [5.41, 5.74) is 5.82. The number of nitrogens with zero attached hydrogens (tertiary/aromatic N) is 4. The SMILES string of the molecule is Nc1nc(NC2CCOCC2)nc(N2CCCCC2)n1. The Kier molecular flexibility index (Phi) is 4.15. The van der Waals surface area contributed by atoms with Gasteiger partial charge in [0.1, 0.15) is 0 Å². The number of nitrogen functional groups attached to an aromatic ring is 1. The van der Waals surface area contributed by atoms with Crippen LogP contribution >= 0.6 is 0 Å². The topological polar surface area (TPSA) is 89.2 Å². The van der Waals surface area contributed by atoms with E-state index >= 15 is 0 Å². The van der Waals surface area contributed by atoms with Crippen LogP contribution in [0.1, 0.15) is 32.1 Å². The third-order valence-corrected chi connectivity index (χ3v) is 3.83. The van der Waals surface area contributed by atoms with Crippen molar-refractivity contribution in [1.82, 2.24) is 15.0 Å². The monoisotopic (exact) mass is 278 g/mol. The first-order valence-electron chi connectivity index (χ1n) is 7.42. The van der Waals surface area contributed by atoms with E-state index < -0.39 is 0 Å². The van der Waals surface area contributed by atoms with Crippen LogP contribution in [0.5, 0.6) is 0 Å². The normalized spacial score (nSPS) is 20.9. The minimum absolute atomic E-state index is 0.287. The molecule has 3 heterocycles. The van der Waals surface area contributed by atoms with E-state index in [9.17, 15) is 0 Å². The van der Waals surface area contributed by atoms with Gasteiger partial charge in [-0.15, -0.1) is 0 Å². The fourth-order valence-corrected chi connectivity index (χ4v) is 2.71. The lowest BCUT2D eigenvalue weighted by Crippen LogP contribution is -2.32. The molecule has 0 bridgehead atoms. The number of rotatable bonds is 3. The molecule has 1 aromatic rings. The van der Waals surface area contributed by atoms with Crippen LogP contribution < -0.4 is 16.0 Å². The van der Waals surface area contributed by atoms with Gasteiger partial charge in [0.05, 0.1) is 0 Å². The molecule has 0 aliphatic carbocycles. The summed E-state index contributed by atoms with van der Waals surface area (Å²) in [5, 5.41) is 3.35. The molecule has 2 aliphatic rings. The van der Waals surface area contributed by atoms with Crippen molar-refractivity contribution in [2.24, 2.45) is 0 Å². The van der Waals surface area contributed by atoms with Crippen LogP contribution in [0.3, 0.4) is 0 Å². The molecule has 7 nitrogen and oxygen atoms in total. The molecule has 1 aromatic heterocycles. The maximum absolute atomic E-state index is 5.82. The fourth-order valence-electron chi connectivity index (χ4n) is 2.71. The molecule has 0 amide bonds. The second-order valence-electron chi connectivity index (χ2n) is 5.40. The van der Waals surface area contributed by atoms with Crippen LogP contribution in [0, 0.1) is 0 Å². The van der Waals surface area contributed by atoms with E-state index in [1.54, 1.807) is 0 Å². The van der Waals surface area contributed by atoms with E-state index in [2.05, 4.69) is 25.2 Å². The largest absolute Gasteiger partial charge is 0.381 e. The number of ether oxygens (including phenoxy) is 1. The molecular formula is C13H22N6O. The molecular weight excluding hydrogens is 256 g/mol. The Labute approximate surface area is 118 Å². The van der Waals surface area contributed by atoms with Gasteiger partial charge in [0.25, 0.3) is 0 Å². The summed E-state index contributed by atoms with van der Waals surface area (Å²) in [6.07, 6.45) is 5.61. The van der Waals surface area contributed by atoms with Gasteiger partial charge in [-0.1, -0.05) is 0 Å². The number of aromatic nitrogens is 3.